The van der Waals surface area contributed by atoms with Crippen LogP contribution in [0.25, 0.3) is 0 Å². The van der Waals surface area contributed by atoms with Crippen molar-refractivity contribution in [3.05, 3.63) is 40.4 Å². The van der Waals surface area contributed by atoms with Gasteiger partial charge < -0.3 is 10.6 Å². The van der Waals surface area contributed by atoms with Crippen molar-refractivity contribution in [2.45, 2.75) is 27.2 Å². The number of aromatic nitrogens is 2. The zero-order valence-electron chi connectivity index (χ0n) is 12.9. The molecule has 1 amide bonds. The van der Waals surface area contributed by atoms with Gasteiger partial charge in [-0.05, 0) is 48.7 Å². The summed E-state index contributed by atoms with van der Waals surface area (Å²) in [5.74, 6) is 1.36. The molecule has 0 atom stereocenters. The van der Waals surface area contributed by atoms with Gasteiger partial charge in [-0.25, -0.2) is 0 Å². The first-order valence-electron chi connectivity index (χ1n) is 7.11. The van der Waals surface area contributed by atoms with Crippen molar-refractivity contribution < 1.29 is 4.79 Å². The number of benzene rings is 1. The number of nitrogens with one attached hydrogen (secondary N) is 2. The molecule has 0 radical (unpaired) electrons. The fraction of sp³-hybridized carbons (Fsp3) is 0.312. The molecule has 5 nitrogen and oxygen atoms in total. The van der Waals surface area contributed by atoms with E-state index in [1.54, 1.807) is 12.1 Å². The Morgan fingerprint density at radius 2 is 1.86 bits per heavy atom. The van der Waals surface area contributed by atoms with Gasteiger partial charge in [0, 0.05) is 16.6 Å². The van der Waals surface area contributed by atoms with Crippen LogP contribution in [0, 0.1) is 12.8 Å². The molecule has 0 spiro atoms. The van der Waals surface area contributed by atoms with E-state index < -0.39 is 0 Å². The quantitative estimate of drug-likeness (QED) is 0.832. The number of anilines is 3. The van der Waals surface area contributed by atoms with Crippen LogP contribution in [0.3, 0.4) is 0 Å². The van der Waals surface area contributed by atoms with Gasteiger partial charge in [-0.1, -0.05) is 29.8 Å². The van der Waals surface area contributed by atoms with E-state index in [2.05, 4.69) is 36.8 Å². The molecule has 0 unspecified atom stereocenters. The average molecular weight is 363 g/mol. The van der Waals surface area contributed by atoms with Gasteiger partial charge in [-0.2, -0.15) is 0 Å². The third-order valence-electron chi connectivity index (χ3n) is 2.98. The Kier molecular flexibility index (Phi) is 5.49. The van der Waals surface area contributed by atoms with E-state index in [-0.39, 0.29) is 5.91 Å². The average Bonchev–Trinajstić information content (AvgIpc) is 2.43. The maximum atomic E-state index is 11.7. The minimum Gasteiger partial charge on any atom is -0.339 e. The lowest BCUT2D eigenvalue weighted by Gasteiger charge is -2.09. The summed E-state index contributed by atoms with van der Waals surface area (Å²) < 4.78 is 1.03. The third kappa shape index (κ3) is 4.80. The summed E-state index contributed by atoms with van der Waals surface area (Å²) in [6, 6.07) is 9.49. The van der Waals surface area contributed by atoms with Crippen molar-refractivity contribution in [1.29, 1.82) is 0 Å². The summed E-state index contributed by atoms with van der Waals surface area (Å²) in [4.78, 5) is 11.7. The number of rotatable bonds is 5. The largest absolute Gasteiger partial charge is 0.339 e. The van der Waals surface area contributed by atoms with Crippen LogP contribution in [-0.2, 0) is 4.79 Å². The summed E-state index contributed by atoms with van der Waals surface area (Å²) in [5, 5.41) is 14.0. The standard InChI is InChI=1S/C16H19BrN4O/c1-10(2)8-16(22)19-15-7-6-14(20-21-15)18-13-5-4-12(17)9-11(13)3/h4-7,9-10H,8H2,1-3H3,(H,18,20)(H,19,21,22). The normalized spacial score (nSPS) is 10.6. The zero-order valence-corrected chi connectivity index (χ0v) is 14.4. The number of aryl methyl sites for hydroxylation is 1. The van der Waals surface area contributed by atoms with Crippen molar-refractivity contribution in [3.63, 3.8) is 0 Å². The lowest BCUT2D eigenvalue weighted by molar-refractivity contribution is -0.116. The lowest BCUT2D eigenvalue weighted by Crippen LogP contribution is -2.15. The fourth-order valence-electron chi connectivity index (χ4n) is 1.94. The third-order valence-corrected chi connectivity index (χ3v) is 3.47. The molecule has 1 aromatic carbocycles. The monoisotopic (exact) mass is 362 g/mol. The van der Waals surface area contributed by atoms with E-state index in [0.717, 1.165) is 15.7 Å². The van der Waals surface area contributed by atoms with Crippen LogP contribution in [0.5, 0.6) is 0 Å². The molecule has 0 aliphatic rings. The van der Waals surface area contributed by atoms with Gasteiger partial charge in [0.05, 0.1) is 0 Å². The van der Waals surface area contributed by atoms with Crippen LogP contribution >= 0.6 is 15.9 Å². The Morgan fingerprint density at radius 3 is 2.45 bits per heavy atom. The molecule has 0 saturated heterocycles. The molecule has 2 N–H and O–H groups in total. The summed E-state index contributed by atoms with van der Waals surface area (Å²) in [7, 11) is 0. The molecular formula is C16H19BrN4O. The molecule has 0 saturated carbocycles. The smallest absolute Gasteiger partial charge is 0.225 e. The van der Waals surface area contributed by atoms with Crippen molar-refractivity contribution in [2.24, 2.45) is 5.92 Å². The number of carbonyl (C=O) groups excluding carboxylic acids is 1. The molecule has 1 heterocycles. The minimum atomic E-state index is -0.0474. The first kappa shape index (κ1) is 16.4. The molecule has 0 aliphatic heterocycles. The maximum Gasteiger partial charge on any atom is 0.225 e. The number of amides is 1. The second-order valence-electron chi connectivity index (χ2n) is 5.53. The molecule has 1 aromatic heterocycles. The van der Waals surface area contributed by atoms with Crippen LogP contribution in [0.2, 0.25) is 0 Å². The summed E-state index contributed by atoms with van der Waals surface area (Å²) in [6.45, 7) is 6.01. The van der Waals surface area contributed by atoms with Crippen LogP contribution in [0.15, 0.2) is 34.8 Å². The number of hydrogen-bond donors (Lipinski definition) is 2. The molecule has 116 valence electrons. The van der Waals surface area contributed by atoms with E-state index in [1.165, 1.54) is 0 Å². The van der Waals surface area contributed by atoms with Gasteiger partial charge in [0.25, 0.3) is 0 Å². The van der Waals surface area contributed by atoms with Gasteiger partial charge in [-0.3, -0.25) is 4.79 Å². The molecule has 6 heteroatoms. The van der Waals surface area contributed by atoms with Gasteiger partial charge in [-0.15, -0.1) is 10.2 Å². The Morgan fingerprint density at radius 1 is 1.18 bits per heavy atom. The predicted molar refractivity (Wildman–Crippen MR) is 92.3 cm³/mol. The first-order valence-corrected chi connectivity index (χ1v) is 7.90. The fourth-order valence-corrected chi connectivity index (χ4v) is 2.41. The highest BCUT2D eigenvalue weighted by atomic mass is 79.9. The van der Waals surface area contributed by atoms with E-state index >= 15 is 0 Å². The number of hydrogen-bond acceptors (Lipinski definition) is 4. The first-order chi connectivity index (χ1) is 10.4. The van der Waals surface area contributed by atoms with Crippen LogP contribution in [0.4, 0.5) is 17.3 Å². The molecule has 0 fully saturated rings. The Hall–Kier alpha value is -1.95. The molecule has 2 aromatic rings. The highest BCUT2D eigenvalue weighted by molar-refractivity contribution is 9.10. The summed E-state index contributed by atoms with van der Waals surface area (Å²) in [5.41, 5.74) is 2.07. The topological polar surface area (TPSA) is 66.9 Å². The molecular weight excluding hydrogens is 344 g/mol. The van der Waals surface area contributed by atoms with Gasteiger partial charge in [0.15, 0.2) is 11.6 Å². The Bertz CT molecular complexity index is 656. The SMILES string of the molecule is Cc1cc(Br)ccc1Nc1ccc(NC(=O)CC(C)C)nn1. The Labute approximate surface area is 138 Å². The number of halogens is 1. The minimum absolute atomic E-state index is 0.0474. The predicted octanol–water partition coefficient (Wildman–Crippen LogP) is 4.28. The highest BCUT2D eigenvalue weighted by Crippen LogP contribution is 2.22. The molecule has 2 rings (SSSR count). The van der Waals surface area contributed by atoms with Crippen molar-refractivity contribution in [2.75, 3.05) is 10.6 Å². The van der Waals surface area contributed by atoms with Gasteiger partial charge >= 0.3 is 0 Å². The highest BCUT2D eigenvalue weighted by Gasteiger charge is 2.07. The maximum absolute atomic E-state index is 11.7. The molecule has 0 bridgehead atoms. The van der Waals surface area contributed by atoms with E-state index in [0.29, 0.717) is 24.0 Å². The van der Waals surface area contributed by atoms with Gasteiger partial charge in [0.1, 0.15) is 0 Å². The number of nitrogens with zero attached hydrogens (tertiary/aromatic N) is 2. The van der Waals surface area contributed by atoms with E-state index in [9.17, 15) is 4.79 Å². The van der Waals surface area contributed by atoms with Crippen molar-refractivity contribution in [1.82, 2.24) is 10.2 Å². The van der Waals surface area contributed by atoms with Crippen molar-refractivity contribution in [3.8, 4) is 0 Å². The van der Waals surface area contributed by atoms with Crippen molar-refractivity contribution >= 4 is 39.2 Å². The van der Waals surface area contributed by atoms with Gasteiger partial charge in [0.2, 0.25) is 5.91 Å². The van der Waals surface area contributed by atoms with Crippen LogP contribution < -0.4 is 10.6 Å². The number of carbonyl (C=O) groups is 1. The van der Waals surface area contributed by atoms with Crippen LogP contribution in [0.1, 0.15) is 25.8 Å². The Balaban J connectivity index is 2.01. The van der Waals surface area contributed by atoms with E-state index in [4.69, 9.17) is 0 Å². The summed E-state index contributed by atoms with van der Waals surface area (Å²) in [6.07, 6.45) is 0.472. The van der Waals surface area contributed by atoms with E-state index in [1.807, 2.05) is 39.0 Å². The molecule has 0 aliphatic carbocycles. The second-order valence-corrected chi connectivity index (χ2v) is 6.45. The lowest BCUT2D eigenvalue weighted by atomic mass is 10.1. The van der Waals surface area contributed by atoms with Crippen LogP contribution in [-0.4, -0.2) is 16.1 Å². The second kappa shape index (κ2) is 7.35. The summed E-state index contributed by atoms with van der Waals surface area (Å²) >= 11 is 3.44. The zero-order chi connectivity index (χ0) is 16.1. The molecule has 22 heavy (non-hydrogen) atoms.